The van der Waals surface area contributed by atoms with Crippen molar-refractivity contribution in [2.45, 2.75) is 6.54 Å². The van der Waals surface area contributed by atoms with Crippen LogP contribution in [0.5, 0.6) is 0 Å². The van der Waals surface area contributed by atoms with Gasteiger partial charge in [-0.25, -0.2) is 4.98 Å². The number of pyridine rings is 1. The Labute approximate surface area is 151 Å². The smallest absolute Gasteiger partial charge is 0.317 e. The first-order chi connectivity index (χ1) is 12.7. The molecule has 4 rings (SSSR count). The summed E-state index contributed by atoms with van der Waals surface area (Å²) in [5.74, 6) is -0.822. The predicted molar refractivity (Wildman–Crippen MR) is 102 cm³/mol. The van der Waals surface area contributed by atoms with Crippen LogP contribution in [0.1, 0.15) is 5.56 Å². The first kappa shape index (κ1) is 17.6. The van der Waals surface area contributed by atoms with Crippen LogP contribution >= 0.6 is 0 Å². The van der Waals surface area contributed by atoms with Gasteiger partial charge in [-0.2, -0.15) is 0 Å². The fourth-order valence-electron chi connectivity index (χ4n) is 2.75. The zero-order valence-electron chi connectivity index (χ0n) is 14.5. The molecule has 0 spiro atoms. The maximum atomic E-state index is 9.54. The first-order valence-corrected chi connectivity index (χ1v) is 8.28. The number of aromatic nitrogens is 3. The van der Waals surface area contributed by atoms with Gasteiger partial charge in [0.2, 0.25) is 0 Å². The van der Waals surface area contributed by atoms with Gasteiger partial charge in [-0.1, -0.05) is 48.5 Å². The minimum absolute atomic E-state index is 0.0417. The van der Waals surface area contributed by atoms with E-state index in [0.717, 1.165) is 28.5 Å². The van der Waals surface area contributed by atoms with E-state index in [1.807, 2.05) is 36.8 Å². The molecular formula is C20H20N4O2. The Hall–Kier alpha value is -3.25. The second-order valence-corrected chi connectivity index (χ2v) is 5.79. The first-order valence-electron chi connectivity index (χ1n) is 8.28. The molecular weight excluding hydrogens is 328 g/mol. The van der Waals surface area contributed by atoms with Crippen LogP contribution in [0.25, 0.3) is 21.9 Å². The van der Waals surface area contributed by atoms with Crippen LogP contribution in [-0.2, 0) is 11.3 Å². The fourth-order valence-corrected chi connectivity index (χ4v) is 2.75. The average molecular weight is 348 g/mol. The number of carbonyl (C=O) groups is 1. The molecule has 0 aliphatic carbocycles. The standard InChI is InChI=1S/C17H13N3.C3H7NO2/c1-2-6-13(7-3-1)11-20-12-19-16-10-18-15-9-5-4-8-14(15)17(16)20;1-4-2-3(5)6/h1-10,12H,11H2;4H,2H2,1H3,(H,5,6). The normalized spacial score (nSPS) is 10.5. The Morgan fingerprint density at radius 3 is 2.46 bits per heavy atom. The second kappa shape index (κ2) is 8.22. The number of imidazole rings is 1. The van der Waals surface area contributed by atoms with Crippen molar-refractivity contribution in [2.75, 3.05) is 13.6 Å². The number of aliphatic carboxylic acids is 1. The molecule has 26 heavy (non-hydrogen) atoms. The highest BCUT2D eigenvalue weighted by Gasteiger charge is 2.08. The van der Waals surface area contributed by atoms with Gasteiger partial charge in [-0.05, 0) is 18.7 Å². The average Bonchev–Trinajstić information content (AvgIpc) is 3.06. The summed E-state index contributed by atoms with van der Waals surface area (Å²) in [6.07, 6.45) is 3.74. The van der Waals surface area contributed by atoms with Crippen LogP contribution in [0.3, 0.4) is 0 Å². The van der Waals surface area contributed by atoms with Crippen molar-refractivity contribution >= 4 is 27.9 Å². The molecule has 6 heteroatoms. The van der Waals surface area contributed by atoms with Crippen LogP contribution in [0.2, 0.25) is 0 Å². The second-order valence-electron chi connectivity index (χ2n) is 5.79. The summed E-state index contributed by atoms with van der Waals surface area (Å²) in [6.45, 7) is 0.866. The molecule has 2 N–H and O–H groups in total. The minimum Gasteiger partial charge on any atom is -0.480 e. The van der Waals surface area contributed by atoms with E-state index >= 15 is 0 Å². The van der Waals surface area contributed by atoms with Gasteiger partial charge in [0, 0.05) is 11.9 Å². The van der Waals surface area contributed by atoms with E-state index in [1.54, 1.807) is 7.05 Å². The van der Waals surface area contributed by atoms with E-state index in [-0.39, 0.29) is 6.54 Å². The molecule has 2 aromatic carbocycles. The molecule has 6 nitrogen and oxygen atoms in total. The number of para-hydroxylation sites is 1. The number of carboxylic acids is 1. The molecule has 0 saturated carbocycles. The van der Waals surface area contributed by atoms with Crippen LogP contribution in [0, 0.1) is 0 Å². The van der Waals surface area contributed by atoms with E-state index < -0.39 is 5.97 Å². The van der Waals surface area contributed by atoms with E-state index in [9.17, 15) is 4.79 Å². The van der Waals surface area contributed by atoms with Crippen molar-refractivity contribution in [3.05, 3.63) is 72.7 Å². The molecule has 0 saturated heterocycles. The molecule has 0 bridgehead atoms. The number of fused-ring (bicyclic) bond motifs is 3. The third-order valence-corrected chi connectivity index (χ3v) is 3.87. The SMILES string of the molecule is CNCC(=O)O.c1ccc(Cn2cnc3cnc4ccccc4c32)cc1. The quantitative estimate of drug-likeness (QED) is 0.593. The van der Waals surface area contributed by atoms with E-state index in [0.29, 0.717) is 0 Å². The molecule has 132 valence electrons. The van der Waals surface area contributed by atoms with Crippen LogP contribution in [-0.4, -0.2) is 39.2 Å². The van der Waals surface area contributed by atoms with Gasteiger partial charge < -0.3 is 15.0 Å². The molecule has 0 aliphatic rings. The van der Waals surface area contributed by atoms with Crippen molar-refractivity contribution in [2.24, 2.45) is 0 Å². The third-order valence-electron chi connectivity index (χ3n) is 3.87. The number of likely N-dealkylation sites (N-methyl/N-ethyl adjacent to an activating group) is 1. The summed E-state index contributed by atoms with van der Waals surface area (Å²) in [7, 11) is 1.59. The summed E-state index contributed by atoms with van der Waals surface area (Å²) in [6, 6.07) is 18.6. The zero-order valence-corrected chi connectivity index (χ0v) is 14.5. The number of benzene rings is 2. The summed E-state index contributed by atoms with van der Waals surface area (Å²) >= 11 is 0. The highest BCUT2D eigenvalue weighted by molar-refractivity contribution is 6.01. The van der Waals surface area contributed by atoms with Gasteiger partial charge >= 0.3 is 5.97 Å². The zero-order chi connectivity index (χ0) is 18.4. The van der Waals surface area contributed by atoms with Crippen LogP contribution < -0.4 is 5.32 Å². The largest absolute Gasteiger partial charge is 0.480 e. The van der Waals surface area contributed by atoms with Gasteiger partial charge in [-0.15, -0.1) is 0 Å². The van der Waals surface area contributed by atoms with Crippen molar-refractivity contribution in [1.29, 1.82) is 0 Å². The maximum Gasteiger partial charge on any atom is 0.317 e. The maximum absolute atomic E-state index is 9.54. The van der Waals surface area contributed by atoms with Gasteiger partial charge in [0.25, 0.3) is 0 Å². The number of hydrogen-bond donors (Lipinski definition) is 2. The highest BCUT2D eigenvalue weighted by Crippen LogP contribution is 2.23. The predicted octanol–water partition coefficient (Wildman–Crippen LogP) is 2.92. The number of carboxylic acid groups (broad SMARTS) is 1. The van der Waals surface area contributed by atoms with Crippen LogP contribution in [0.15, 0.2) is 67.1 Å². The summed E-state index contributed by atoms with van der Waals surface area (Å²) in [5, 5.41) is 11.5. The molecule has 2 heterocycles. The van der Waals surface area contributed by atoms with Crippen LogP contribution in [0.4, 0.5) is 0 Å². The number of nitrogens with zero attached hydrogens (tertiary/aromatic N) is 3. The lowest BCUT2D eigenvalue weighted by Gasteiger charge is -2.06. The molecule has 0 unspecified atom stereocenters. The fraction of sp³-hybridized carbons (Fsp3) is 0.150. The Morgan fingerprint density at radius 2 is 1.77 bits per heavy atom. The lowest BCUT2D eigenvalue weighted by molar-refractivity contribution is -0.135. The third kappa shape index (κ3) is 4.04. The van der Waals surface area contributed by atoms with Gasteiger partial charge in [-0.3, -0.25) is 9.78 Å². The van der Waals surface area contributed by atoms with Gasteiger partial charge in [0.15, 0.2) is 0 Å². The van der Waals surface area contributed by atoms with Gasteiger partial charge in [0.1, 0.15) is 5.52 Å². The summed E-state index contributed by atoms with van der Waals surface area (Å²) < 4.78 is 2.19. The molecule has 0 amide bonds. The Morgan fingerprint density at radius 1 is 1.04 bits per heavy atom. The topological polar surface area (TPSA) is 80.0 Å². The lowest BCUT2D eigenvalue weighted by atomic mass is 10.2. The Balaban J connectivity index is 0.000000286. The Bertz CT molecular complexity index is 1010. The number of nitrogens with one attached hydrogen (secondary N) is 1. The molecule has 2 aromatic heterocycles. The monoisotopic (exact) mass is 348 g/mol. The molecule has 4 aromatic rings. The van der Waals surface area contributed by atoms with E-state index in [2.05, 4.69) is 50.2 Å². The highest BCUT2D eigenvalue weighted by atomic mass is 16.4. The van der Waals surface area contributed by atoms with Gasteiger partial charge in [0.05, 0.1) is 30.1 Å². The van der Waals surface area contributed by atoms with Crippen molar-refractivity contribution in [3.63, 3.8) is 0 Å². The number of rotatable bonds is 4. The minimum atomic E-state index is -0.822. The molecule has 0 aliphatic heterocycles. The van der Waals surface area contributed by atoms with Crippen molar-refractivity contribution < 1.29 is 9.90 Å². The molecule has 0 radical (unpaired) electrons. The number of hydrogen-bond acceptors (Lipinski definition) is 4. The lowest BCUT2D eigenvalue weighted by Crippen LogP contribution is -2.16. The van der Waals surface area contributed by atoms with E-state index in [1.165, 1.54) is 5.56 Å². The van der Waals surface area contributed by atoms with Crippen molar-refractivity contribution in [1.82, 2.24) is 19.9 Å². The van der Waals surface area contributed by atoms with E-state index in [4.69, 9.17) is 5.11 Å². The molecule has 0 atom stereocenters. The Kier molecular flexibility index (Phi) is 5.56. The molecule has 0 fully saturated rings. The van der Waals surface area contributed by atoms with Crippen molar-refractivity contribution in [3.8, 4) is 0 Å². The summed E-state index contributed by atoms with van der Waals surface area (Å²) in [5.41, 5.74) is 4.38. The summed E-state index contributed by atoms with van der Waals surface area (Å²) in [4.78, 5) is 18.5.